The SMILES string of the molecule is CC(C)CCNC(=O)c1ccc(C(F)(F)F)n(CCN2CC3(CCCC3)C2)c1=O.Cc1cc(-c2c(C)cc(Cl)cc2C)cc(C(CC(=O)O)NC=O)c1F. The van der Waals surface area contributed by atoms with Crippen molar-refractivity contribution in [3.63, 3.8) is 0 Å². The van der Waals surface area contributed by atoms with Crippen molar-refractivity contribution in [1.29, 1.82) is 0 Å². The Kier molecular flexibility index (Phi) is 14.1. The van der Waals surface area contributed by atoms with Crippen LogP contribution in [0.1, 0.15) is 96.7 Å². The number of pyridine rings is 1. The van der Waals surface area contributed by atoms with Crippen LogP contribution < -0.4 is 16.2 Å². The second-order valence-corrected chi connectivity index (χ2v) is 15.4. The first-order chi connectivity index (χ1) is 25.4. The highest BCUT2D eigenvalue weighted by Gasteiger charge is 2.44. The molecule has 294 valence electrons. The van der Waals surface area contributed by atoms with Gasteiger partial charge in [0.05, 0.1) is 12.5 Å². The van der Waals surface area contributed by atoms with Gasteiger partial charge in [0.15, 0.2) is 0 Å². The van der Waals surface area contributed by atoms with Crippen LogP contribution in [0.4, 0.5) is 17.6 Å². The minimum absolute atomic E-state index is 0.0725. The molecule has 5 rings (SSSR count). The molecule has 1 aromatic heterocycles. The molecule has 2 aromatic carbocycles. The smallest absolute Gasteiger partial charge is 0.431 e. The number of aryl methyl sites for hydroxylation is 3. The molecule has 14 heteroatoms. The predicted molar refractivity (Wildman–Crippen MR) is 200 cm³/mol. The molecule has 1 spiro atoms. The summed E-state index contributed by atoms with van der Waals surface area (Å²) in [5.74, 6) is -1.89. The summed E-state index contributed by atoms with van der Waals surface area (Å²) in [6.07, 6.45) is 0.876. The van der Waals surface area contributed by atoms with Gasteiger partial charge in [0, 0.05) is 43.3 Å². The van der Waals surface area contributed by atoms with Crippen LogP contribution in [-0.2, 0) is 22.3 Å². The van der Waals surface area contributed by atoms with Gasteiger partial charge in [-0.3, -0.25) is 19.2 Å². The highest BCUT2D eigenvalue weighted by molar-refractivity contribution is 6.30. The lowest BCUT2D eigenvalue weighted by Gasteiger charge is -2.48. The maximum atomic E-state index is 14.6. The molecule has 2 heterocycles. The number of amides is 2. The minimum atomic E-state index is -4.65. The number of nitrogens with one attached hydrogen (secondary N) is 2. The fourth-order valence-electron chi connectivity index (χ4n) is 7.61. The number of carboxylic acid groups (broad SMARTS) is 1. The van der Waals surface area contributed by atoms with E-state index < -0.39 is 47.6 Å². The third-order valence-corrected chi connectivity index (χ3v) is 10.4. The summed E-state index contributed by atoms with van der Waals surface area (Å²) < 4.78 is 55.7. The third kappa shape index (κ3) is 10.5. The first kappa shape index (κ1) is 42.5. The molecule has 0 bridgehead atoms. The molecule has 2 aliphatic rings. The maximum Gasteiger partial charge on any atom is 0.431 e. The van der Waals surface area contributed by atoms with Crippen molar-refractivity contribution in [2.24, 2.45) is 11.3 Å². The number of nitrogens with zero attached hydrogens (tertiary/aromatic N) is 2. The zero-order valence-corrected chi connectivity index (χ0v) is 32.1. The molecule has 1 atom stereocenters. The van der Waals surface area contributed by atoms with E-state index in [-0.39, 0.29) is 17.7 Å². The highest BCUT2D eigenvalue weighted by Crippen LogP contribution is 2.45. The minimum Gasteiger partial charge on any atom is -0.481 e. The zero-order chi connectivity index (χ0) is 40.0. The van der Waals surface area contributed by atoms with E-state index >= 15 is 0 Å². The van der Waals surface area contributed by atoms with Gasteiger partial charge in [-0.1, -0.05) is 38.3 Å². The first-order valence-electron chi connectivity index (χ1n) is 18.2. The number of alkyl halides is 3. The van der Waals surface area contributed by atoms with E-state index in [0.717, 1.165) is 58.5 Å². The summed E-state index contributed by atoms with van der Waals surface area (Å²) in [5, 5.41) is 14.7. The Morgan fingerprint density at radius 1 is 1.00 bits per heavy atom. The molecule has 2 amide bonds. The number of aliphatic carboxylic acids is 1. The molecule has 3 N–H and O–H groups in total. The molecule has 1 aliphatic heterocycles. The van der Waals surface area contributed by atoms with Gasteiger partial charge in [0.1, 0.15) is 17.1 Å². The summed E-state index contributed by atoms with van der Waals surface area (Å²) in [7, 11) is 0. The number of benzene rings is 2. The van der Waals surface area contributed by atoms with Crippen molar-refractivity contribution >= 4 is 29.9 Å². The average molecular weight is 777 g/mol. The number of carboxylic acids is 1. The molecule has 1 aliphatic carbocycles. The fraction of sp³-hybridized carbons (Fsp3) is 0.500. The van der Waals surface area contributed by atoms with Crippen LogP contribution in [0.2, 0.25) is 5.02 Å². The Labute approximate surface area is 318 Å². The van der Waals surface area contributed by atoms with Crippen LogP contribution in [0, 0.1) is 37.9 Å². The van der Waals surface area contributed by atoms with Gasteiger partial charge in [0.25, 0.3) is 11.5 Å². The van der Waals surface area contributed by atoms with Gasteiger partial charge < -0.3 is 25.2 Å². The summed E-state index contributed by atoms with van der Waals surface area (Å²) >= 11 is 6.07. The largest absolute Gasteiger partial charge is 0.481 e. The second-order valence-electron chi connectivity index (χ2n) is 15.0. The molecular weight excluding hydrogens is 728 g/mol. The Bertz CT molecular complexity index is 1870. The van der Waals surface area contributed by atoms with Gasteiger partial charge in [-0.25, -0.2) is 4.39 Å². The van der Waals surface area contributed by atoms with E-state index in [4.69, 9.17) is 16.7 Å². The Balaban J connectivity index is 0.000000244. The highest BCUT2D eigenvalue weighted by atomic mass is 35.5. The van der Waals surface area contributed by atoms with E-state index in [9.17, 15) is 36.7 Å². The van der Waals surface area contributed by atoms with E-state index in [2.05, 4.69) is 15.5 Å². The van der Waals surface area contributed by atoms with Gasteiger partial charge in [-0.15, -0.1) is 0 Å². The van der Waals surface area contributed by atoms with E-state index in [0.29, 0.717) is 41.4 Å². The third-order valence-electron chi connectivity index (χ3n) is 10.2. The molecule has 1 saturated carbocycles. The zero-order valence-electron chi connectivity index (χ0n) is 31.3. The topological polar surface area (TPSA) is 121 Å². The number of carbonyl (C=O) groups excluding carboxylic acids is 2. The number of likely N-dealkylation sites (tertiary alicyclic amines) is 1. The number of rotatable bonds is 13. The summed E-state index contributed by atoms with van der Waals surface area (Å²) in [6.45, 7) is 11.9. The number of hydrogen-bond acceptors (Lipinski definition) is 5. The van der Waals surface area contributed by atoms with Crippen molar-refractivity contribution in [2.75, 3.05) is 26.2 Å². The quantitative estimate of drug-likeness (QED) is 0.120. The Hall–Kier alpha value is -4.23. The normalized spacial score (nSPS) is 15.7. The van der Waals surface area contributed by atoms with E-state index in [1.165, 1.54) is 25.7 Å². The van der Waals surface area contributed by atoms with Gasteiger partial charge in [-0.2, -0.15) is 13.2 Å². The van der Waals surface area contributed by atoms with Gasteiger partial charge >= 0.3 is 12.1 Å². The number of aromatic nitrogens is 1. The summed E-state index contributed by atoms with van der Waals surface area (Å²) in [6, 6.07) is 7.83. The summed E-state index contributed by atoms with van der Waals surface area (Å²) in [5.41, 5.74) is 2.28. The molecule has 54 heavy (non-hydrogen) atoms. The van der Waals surface area contributed by atoms with Gasteiger partial charge in [0.2, 0.25) is 6.41 Å². The Morgan fingerprint density at radius 3 is 2.19 bits per heavy atom. The monoisotopic (exact) mass is 776 g/mol. The lowest BCUT2D eigenvalue weighted by atomic mass is 9.78. The maximum absolute atomic E-state index is 14.6. The predicted octanol–water partition coefficient (Wildman–Crippen LogP) is 7.85. The van der Waals surface area contributed by atoms with Crippen molar-refractivity contribution in [2.45, 2.75) is 91.9 Å². The van der Waals surface area contributed by atoms with Crippen LogP contribution in [0.5, 0.6) is 0 Å². The molecule has 1 saturated heterocycles. The molecule has 9 nitrogen and oxygen atoms in total. The lowest BCUT2D eigenvalue weighted by Crippen LogP contribution is -2.55. The standard InChI is InChI=1S/C21H30F3N3O2.C19H19ClFNO3/c1-15(2)7-10-25-18(28)16-5-6-17(21(22,23)24)27(19(16)29)12-11-26-13-20(14-26)8-3-4-9-20;1-10-5-14(20)6-11(2)18(10)13-4-12(3)19(21)15(7-13)16(22-9-23)8-17(24)25/h5-6,15H,3-4,7-14H2,1-2H3,(H,25,28);4-7,9,16H,8H2,1-3H3,(H,22,23)(H,24,25). The number of hydrogen-bond donors (Lipinski definition) is 3. The van der Waals surface area contributed by atoms with Crippen molar-refractivity contribution in [1.82, 2.24) is 20.1 Å². The second kappa shape index (κ2) is 17.9. The van der Waals surface area contributed by atoms with Crippen molar-refractivity contribution in [3.05, 3.63) is 91.1 Å². The van der Waals surface area contributed by atoms with Crippen LogP contribution >= 0.6 is 11.6 Å². The van der Waals surface area contributed by atoms with Crippen molar-refractivity contribution in [3.8, 4) is 11.1 Å². The van der Waals surface area contributed by atoms with Crippen LogP contribution in [0.15, 0.2) is 41.2 Å². The molecular formula is C40H49ClF4N4O5. The van der Waals surface area contributed by atoms with E-state index in [1.54, 1.807) is 19.1 Å². The van der Waals surface area contributed by atoms with Gasteiger partial charge in [-0.05, 0) is 116 Å². The number of halogens is 5. The first-order valence-corrected chi connectivity index (χ1v) is 18.5. The average Bonchev–Trinajstić information content (AvgIpc) is 3.54. The van der Waals surface area contributed by atoms with Crippen LogP contribution in [-0.4, -0.2) is 59.0 Å². The molecule has 2 fully saturated rings. The van der Waals surface area contributed by atoms with E-state index in [1.807, 2.05) is 39.8 Å². The molecule has 3 aromatic rings. The lowest BCUT2D eigenvalue weighted by molar-refractivity contribution is -0.144. The van der Waals surface area contributed by atoms with Crippen LogP contribution in [0.3, 0.4) is 0 Å². The summed E-state index contributed by atoms with van der Waals surface area (Å²) in [4.78, 5) is 49.0. The Morgan fingerprint density at radius 2 is 1.63 bits per heavy atom. The van der Waals surface area contributed by atoms with Crippen LogP contribution in [0.25, 0.3) is 11.1 Å². The molecule has 1 unspecified atom stereocenters. The fourth-order valence-corrected chi connectivity index (χ4v) is 7.94. The number of carbonyl (C=O) groups is 3. The molecule has 0 radical (unpaired) electrons. The van der Waals surface area contributed by atoms with Crippen molar-refractivity contribution < 1.29 is 37.1 Å².